The summed E-state index contributed by atoms with van der Waals surface area (Å²) in [6.07, 6.45) is -4.45. The highest BCUT2D eigenvalue weighted by Crippen LogP contribution is 2.30. The van der Waals surface area contributed by atoms with Crippen LogP contribution in [-0.4, -0.2) is 24.4 Å². The van der Waals surface area contributed by atoms with Crippen molar-refractivity contribution in [2.45, 2.75) is 26.9 Å². The molecule has 0 heterocycles. The number of hydrogen-bond acceptors (Lipinski definition) is 5. The number of para-hydroxylation sites is 1. The number of alkyl halides is 3. The predicted octanol–water partition coefficient (Wildman–Crippen LogP) is 3.80. The Bertz CT molecular complexity index is 957. The second-order valence-electron chi connectivity index (χ2n) is 7.00. The van der Waals surface area contributed by atoms with E-state index < -0.39 is 34.9 Å². The molecule has 0 atom stereocenters. The Hall–Kier alpha value is -3.56. The first-order valence-corrected chi connectivity index (χ1v) is 9.28. The minimum absolute atomic E-state index is 0.102. The normalized spacial score (nSPS) is 11.4. The Labute approximate surface area is 176 Å². The van der Waals surface area contributed by atoms with Crippen molar-refractivity contribution >= 4 is 29.2 Å². The van der Waals surface area contributed by atoms with Gasteiger partial charge in [-0.1, -0.05) is 12.1 Å². The van der Waals surface area contributed by atoms with E-state index in [4.69, 9.17) is 4.74 Å². The highest BCUT2D eigenvalue weighted by Gasteiger charge is 2.38. The van der Waals surface area contributed by atoms with E-state index in [9.17, 15) is 27.6 Å². The van der Waals surface area contributed by atoms with Gasteiger partial charge in [0.15, 0.2) is 0 Å². The van der Waals surface area contributed by atoms with Crippen molar-refractivity contribution in [1.82, 2.24) is 10.9 Å². The van der Waals surface area contributed by atoms with E-state index in [0.29, 0.717) is 11.4 Å². The summed E-state index contributed by atoms with van der Waals surface area (Å²) in [6, 6.07) is 10.5. The van der Waals surface area contributed by atoms with Gasteiger partial charge in [0.1, 0.15) is 5.41 Å². The zero-order valence-corrected chi connectivity index (χ0v) is 17.1. The van der Waals surface area contributed by atoms with E-state index >= 15 is 0 Å². The maximum Gasteiger partial charge on any atom is 0.416 e. The molecule has 0 unspecified atom stereocenters. The van der Waals surface area contributed by atoms with E-state index in [1.165, 1.54) is 32.0 Å². The number of carbonyl (C=O) groups is 3. The fourth-order valence-corrected chi connectivity index (χ4v) is 2.43. The van der Waals surface area contributed by atoms with Gasteiger partial charge >= 0.3 is 12.1 Å². The van der Waals surface area contributed by atoms with Crippen LogP contribution in [0.5, 0.6) is 0 Å². The van der Waals surface area contributed by atoms with Crippen LogP contribution in [0.25, 0.3) is 0 Å². The maximum absolute atomic E-state index is 12.7. The molecule has 0 fully saturated rings. The molecular weight excluding hydrogens is 415 g/mol. The van der Waals surface area contributed by atoms with Gasteiger partial charge in [-0.15, -0.1) is 0 Å². The molecule has 0 aromatic heterocycles. The van der Waals surface area contributed by atoms with Crippen LogP contribution in [-0.2, 0) is 20.5 Å². The Balaban J connectivity index is 2.10. The minimum Gasteiger partial charge on any atom is -0.465 e. The third-order valence-electron chi connectivity index (χ3n) is 4.31. The Kier molecular flexibility index (Phi) is 7.27. The van der Waals surface area contributed by atoms with Gasteiger partial charge < -0.3 is 10.1 Å². The van der Waals surface area contributed by atoms with Crippen LogP contribution < -0.4 is 16.2 Å². The Morgan fingerprint density at radius 2 is 1.55 bits per heavy atom. The first kappa shape index (κ1) is 23.7. The summed E-state index contributed by atoms with van der Waals surface area (Å²) in [5, 5.41) is 2.87. The van der Waals surface area contributed by atoms with Crippen LogP contribution in [0.1, 0.15) is 36.7 Å². The number of esters is 1. The fourth-order valence-electron chi connectivity index (χ4n) is 2.43. The van der Waals surface area contributed by atoms with Gasteiger partial charge in [0.05, 0.1) is 23.4 Å². The number of hydrogen-bond donors (Lipinski definition) is 3. The molecule has 2 aromatic rings. The Morgan fingerprint density at radius 3 is 2.13 bits per heavy atom. The number of anilines is 2. The van der Waals surface area contributed by atoms with Gasteiger partial charge in [-0.05, 0) is 57.2 Å². The van der Waals surface area contributed by atoms with Crippen molar-refractivity contribution < 1.29 is 32.3 Å². The molecule has 0 spiro atoms. The minimum atomic E-state index is -4.45. The van der Waals surface area contributed by atoms with E-state index in [1.54, 1.807) is 25.1 Å². The molecule has 2 amide bonds. The SMILES string of the molecule is CCOC(=O)C(C)(C)C(=O)NNC(=O)c1ccccc1Nc1ccc(C(F)(F)F)cc1. The molecular formula is C21H22F3N3O4. The van der Waals surface area contributed by atoms with Crippen LogP contribution in [0.15, 0.2) is 48.5 Å². The largest absolute Gasteiger partial charge is 0.465 e. The van der Waals surface area contributed by atoms with Crippen LogP contribution in [0.4, 0.5) is 24.5 Å². The van der Waals surface area contributed by atoms with Crippen molar-refractivity contribution in [3.8, 4) is 0 Å². The summed E-state index contributed by atoms with van der Waals surface area (Å²) in [7, 11) is 0. The lowest BCUT2D eigenvalue weighted by molar-refractivity contribution is -0.158. The highest BCUT2D eigenvalue weighted by atomic mass is 19.4. The molecule has 10 heteroatoms. The fraction of sp³-hybridized carbons (Fsp3) is 0.286. The lowest BCUT2D eigenvalue weighted by Crippen LogP contribution is -2.50. The summed E-state index contributed by atoms with van der Waals surface area (Å²) >= 11 is 0. The molecule has 0 aliphatic rings. The second kappa shape index (κ2) is 9.50. The lowest BCUT2D eigenvalue weighted by atomic mass is 9.93. The van der Waals surface area contributed by atoms with Crippen LogP contribution >= 0.6 is 0 Å². The van der Waals surface area contributed by atoms with Crippen molar-refractivity contribution in [2.24, 2.45) is 5.41 Å². The van der Waals surface area contributed by atoms with E-state index in [1.807, 2.05) is 0 Å². The molecule has 7 nitrogen and oxygen atoms in total. The number of ether oxygens (including phenoxy) is 1. The van der Waals surface area contributed by atoms with E-state index in [2.05, 4.69) is 16.2 Å². The highest BCUT2D eigenvalue weighted by molar-refractivity contribution is 6.04. The molecule has 166 valence electrons. The molecule has 0 aliphatic heterocycles. The van der Waals surface area contributed by atoms with Crippen molar-refractivity contribution in [3.05, 3.63) is 59.7 Å². The van der Waals surface area contributed by atoms with Gasteiger partial charge in [0.25, 0.3) is 11.8 Å². The second-order valence-corrected chi connectivity index (χ2v) is 7.00. The Morgan fingerprint density at radius 1 is 0.935 bits per heavy atom. The standard InChI is InChI=1S/C21H22F3N3O4/c1-4-31-19(30)20(2,3)18(29)27-26-17(28)15-7-5-6-8-16(15)25-14-11-9-13(10-12-14)21(22,23)24/h5-12,25H,4H2,1-3H3,(H,26,28)(H,27,29). The van der Waals surface area contributed by atoms with Crippen LogP contribution in [0.3, 0.4) is 0 Å². The molecule has 0 saturated carbocycles. The van der Waals surface area contributed by atoms with Gasteiger partial charge in [0.2, 0.25) is 0 Å². The third kappa shape index (κ3) is 5.97. The summed E-state index contributed by atoms with van der Waals surface area (Å²) in [6.45, 7) is 4.42. The zero-order valence-electron chi connectivity index (χ0n) is 17.1. The number of hydrazine groups is 1. The number of nitrogens with one attached hydrogen (secondary N) is 3. The van der Waals surface area contributed by atoms with Crippen LogP contribution in [0.2, 0.25) is 0 Å². The number of halogens is 3. The average molecular weight is 437 g/mol. The van der Waals surface area contributed by atoms with Gasteiger partial charge in [-0.25, -0.2) is 0 Å². The molecule has 2 rings (SSSR count). The molecule has 0 bridgehead atoms. The van der Waals surface area contributed by atoms with E-state index in [-0.39, 0.29) is 12.2 Å². The average Bonchev–Trinajstić information content (AvgIpc) is 2.72. The first-order chi connectivity index (χ1) is 14.5. The summed E-state index contributed by atoms with van der Waals surface area (Å²) in [4.78, 5) is 36.7. The van der Waals surface area contributed by atoms with Gasteiger partial charge in [-0.2, -0.15) is 13.2 Å². The molecule has 2 aromatic carbocycles. The van der Waals surface area contributed by atoms with Crippen molar-refractivity contribution in [1.29, 1.82) is 0 Å². The topological polar surface area (TPSA) is 96.5 Å². The van der Waals surface area contributed by atoms with Crippen LogP contribution in [0, 0.1) is 5.41 Å². The predicted molar refractivity (Wildman–Crippen MR) is 107 cm³/mol. The summed E-state index contributed by atoms with van der Waals surface area (Å²) in [5.74, 6) is -2.21. The van der Waals surface area contributed by atoms with Gasteiger partial charge in [-0.3, -0.25) is 25.2 Å². The van der Waals surface area contributed by atoms with Crippen molar-refractivity contribution in [3.63, 3.8) is 0 Å². The van der Waals surface area contributed by atoms with Gasteiger partial charge in [0, 0.05) is 5.69 Å². The van der Waals surface area contributed by atoms with E-state index in [0.717, 1.165) is 12.1 Å². The first-order valence-electron chi connectivity index (χ1n) is 9.28. The number of benzene rings is 2. The summed E-state index contributed by atoms with van der Waals surface area (Å²) < 4.78 is 43.0. The quantitative estimate of drug-likeness (QED) is 0.363. The molecule has 0 aliphatic carbocycles. The number of carbonyl (C=O) groups excluding carboxylic acids is 3. The third-order valence-corrected chi connectivity index (χ3v) is 4.31. The smallest absolute Gasteiger partial charge is 0.416 e. The molecule has 0 saturated heterocycles. The molecule has 3 N–H and O–H groups in total. The number of rotatable bonds is 6. The molecule has 0 radical (unpaired) electrons. The summed E-state index contributed by atoms with van der Waals surface area (Å²) in [5.41, 5.74) is 2.84. The number of amides is 2. The monoisotopic (exact) mass is 437 g/mol. The zero-order chi connectivity index (χ0) is 23.2. The maximum atomic E-state index is 12.7. The molecule has 31 heavy (non-hydrogen) atoms. The lowest BCUT2D eigenvalue weighted by Gasteiger charge is -2.21. The van der Waals surface area contributed by atoms with Crippen molar-refractivity contribution in [2.75, 3.05) is 11.9 Å².